The van der Waals surface area contributed by atoms with Crippen LogP contribution in [0.1, 0.15) is 33.6 Å². The molecule has 144 valence electrons. The molecule has 8 nitrogen and oxygen atoms in total. The molecule has 2 amide bonds. The molecule has 1 fully saturated rings. The van der Waals surface area contributed by atoms with Crippen LogP contribution in [0.15, 0.2) is 29.2 Å². The van der Waals surface area contributed by atoms with E-state index in [-0.39, 0.29) is 17.0 Å². The van der Waals surface area contributed by atoms with Crippen LogP contribution in [0.3, 0.4) is 0 Å². The summed E-state index contributed by atoms with van der Waals surface area (Å²) in [5.74, 6) is 0. The number of hydrogen-bond acceptors (Lipinski definition) is 5. The Bertz CT molecular complexity index is 733. The fourth-order valence-corrected chi connectivity index (χ4v) is 3.90. The second kappa shape index (κ2) is 8.05. The minimum atomic E-state index is -3.66. The summed E-state index contributed by atoms with van der Waals surface area (Å²) >= 11 is 0. The van der Waals surface area contributed by atoms with E-state index in [2.05, 4.69) is 10.0 Å². The van der Waals surface area contributed by atoms with Crippen molar-refractivity contribution in [2.24, 2.45) is 0 Å². The monoisotopic (exact) mass is 383 g/mol. The minimum absolute atomic E-state index is 0.128. The van der Waals surface area contributed by atoms with Crippen LogP contribution in [-0.2, 0) is 19.6 Å². The molecule has 9 heteroatoms. The van der Waals surface area contributed by atoms with Gasteiger partial charge in [0.25, 0.3) is 0 Å². The lowest BCUT2D eigenvalue weighted by molar-refractivity contribution is -0.105. The van der Waals surface area contributed by atoms with Crippen molar-refractivity contribution in [2.75, 3.05) is 18.4 Å². The maximum absolute atomic E-state index is 12.5. The van der Waals surface area contributed by atoms with E-state index in [1.165, 1.54) is 24.3 Å². The predicted molar refractivity (Wildman–Crippen MR) is 97.3 cm³/mol. The Morgan fingerprint density at radius 2 is 1.77 bits per heavy atom. The summed E-state index contributed by atoms with van der Waals surface area (Å²) in [6.45, 7) is 6.29. The van der Waals surface area contributed by atoms with Gasteiger partial charge in [0, 0.05) is 24.8 Å². The molecule has 1 heterocycles. The highest BCUT2D eigenvalue weighted by molar-refractivity contribution is 7.89. The van der Waals surface area contributed by atoms with Crippen molar-refractivity contribution >= 4 is 28.2 Å². The number of hydrogen-bond donors (Lipinski definition) is 2. The van der Waals surface area contributed by atoms with Gasteiger partial charge in [-0.3, -0.25) is 4.79 Å². The normalized spacial score (nSPS) is 16.2. The van der Waals surface area contributed by atoms with E-state index < -0.39 is 15.6 Å². The van der Waals surface area contributed by atoms with Crippen molar-refractivity contribution in [1.82, 2.24) is 9.62 Å². The Balaban J connectivity index is 1.91. The van der Waals surface area contributed by atoms with E-state index in [4.69, 9.17) is 4.74 Å². The van der Waals surface area contributed by atoms with Gasteiger partial charge < -0.3 is 15.0 Å². The van der Waals surface area contributed by atoms with Crippen LogP contribution in [-0.4, -0.2) is 50.6 Å². The van der Waals surface area contributed by atoms with Crippen molar-refractivity contribution < 1.29 is 22.7 Å². The summed E-state index contributed by atoms with van der Waals surface area (Å²) < 4.78 is 32.9. The van der Waals surface area contributed by atoms with Gasteiger partial charge in [0.05, 0.1) is 4.90 Å². The third-order valence-corrected chi connectivity index (χ3v) is 5.40. The topological polar surface area (TPSA) is 105 Å². The molecule has 1 aliphatic rings. The zero-order valence-electron chi connectivity index (χ0n) is 15.2. The molecular formula is C17H25N3O5S. The summed E-state index contributed by atoms with van der Waals surface area (Å²) in [5, 5.41) is 2.45. The lowest BCUT2D eigenvalue weighted by atomic mass is 10.1. The molecular weight excluding hydrogens is 358 g/mol. The second-order valence-corrected chi connectivity index (χ2v) is 8.86. The Morgan fingerprint density at radius 1 is 1.19 bits per heavy atom. The first-order valence-corrected chi connectivity index (χ1v) is 9.89. The second-order valence-electron chi connectivity index (χ2n) is 7.15. The van der Waals surface area contributed by atoms with E-state index in [9.17, 15) is 18.0 Å². The molecule has 0 spiro atoms. The summed E-state index contributed by atoms with van der Waals surface area (Å²) in [4.78, 5) is 24.2. The Kier molecular flexibility index (Phi) is 6.25. The standard InChI is InChI=1S/C17H25N3O5S/c1-17(2,3)25-16(22)20-10-8-14(9-11-20)19-26(23,24)15-6-4-13(5-7-15)18-12-21/h4-7,12,14,19H,8-11H2,1-3H3,(H,18,21). The van der Waals surface area contributed by atoms with Gasteiger partial charge in [0.15, 0.2) is 0 Å². The Hall–Kier alpha value is -2.13. The number of benzene rings is 1. The highest BCUT2D eigenvalue weighted by Gasteiger charge is 2.29. The number of amides is 2. The molecule has 1 aromatic rings. The van der Waals surface area contributed by atoms with Crippen LogP contribution in [0.4, 0.5) is 10.5 Å². The van der Waals surface area contributed by atoms with Crippen molar-refractivity contribution in [3.63, 3.8) is 0 Å². The van der Waals surface area contributed by atoms with E-state index in [1.807, 2.05) is 20.8 Å². The molecule has 26 heavy (non-hydrogen) atoms. The van der Waals surface area contributed by atoms with Crippen LogP contribution in [0.2, 0.25) is 0 Å². The molecule has 1 aliphatic heterocycles. The van der Waals surface area contributed by atoms with E-state index in [0.717, 1.165) is 0 Å². The van der Waals surface area contributed by atoms with Gasteiger partial charge >= 0.3 is 6.09 Å². The number of carbonyl (C=O) groups is 2. The molecule has 0 unspecified atom stereocenters. The van der Waals surface area contributed by atoms with E-state index in [1.54, 1.807) is 4.90 Å². The first kappa shape index (κ1) is 20.2. The average Bonchev–Trinajstić information content (AvgIpc) is 2.54. The summed E-state index contributed by atoms with van der Waals surface area (Å²) in [7, 11) is -3.66. The maximum atomic E-state index is 12.5. The zero-order valence-corrected chi connectivity index (χ0v) is 16.0. The van der Waals surface area contributed by atoms with Gasteiger partial charge in [-0.2, -0.15) is 0 Å². The molecule has 1 aromatic carbocycles. The fraction of sp³-hybridized carbons (Fsp3) is 0.529. The number of anilines is 1. The number of sulfonamides is 1. The lowest BCUT2D eigenvalue weighted by Crippen LogP contribution is -2.47. The molecule has 2 rings (SSSR count). The highest BCUT2D eigenvalue weighted by Crippen LogP contribution is 2.18. The van der Waals surface area contributed by atoms with Crippen LogP contribution >= 0.6 is 0 Å². The number of rotatable bonds is 5. The first-order valence-electron chi connectivity index (χ1n) is 8.41. The van der Waals surface area contributed by atoms with E-state index >= 15 is 0 Å². The largest absolute Gasteiger partial charge is 0.444 e. The molecule has 0 bridgehead atoms. The molecule has 0 aromatic heterocycles. The van der Waals surface area contributed by atoms with Gasteiger partial charge in [-0.05, 0) is 57.9 Å². The highest BCUT2D eigenvalue weighted by atomic mass is 32.2. The van der Waals surface area contributed by atoms with Gasteiger partial charge in [-0.25, -0.2) is 17.9 Å². The third kappa shape index (κ3) is 5.70. The number of nitrogens with zero attached hydrogens (tertiary/aromatic N) is 1. The van der Waals surface area contributed by atoms with Crippen LogP contribution in [0.25, 0.3) is 0 Å². The average molecular weight is 383 g/mol. The quantitative estimate of drug-likeness (QED) is 0.756. The summed E-state index contributed by atoms with van der Waals surface area (Å²) in [6.07, 6.45) is 1.18. The van der Waals surface area contributed by atoms with Gasteiger partial charge in [0.1, 0.15) is 5.60 Å². The number of piperidine rings is 1. The fourth-order valence-electron chi connectivity index (χ4n) is 2.59. The number of ether oxygens (including phenoxy) is 1. The summed E-state index contributed by atoms with van der Waals surface area (Å²) in [5.41, 5.74) is -0.0370. The molecule has 2 N–H and O–H groups in total. The predicted octanol–water partition coefficient (Wildman–Crippen LogP) is 1.93. The van der Waals surface area contributed by atoms with Gasteiger partial charge in [0.2, 0.25) is 16.4 Å². The Labute approximate surface area is 153 Å². The molecule has 0 saturated carbocycles. The Morgan fingerprint density at radius 3 is 2.27 bits per heavy atom. The van der Waals surface area contributed by atoms with E-state index in [0.29, 0.717) is 38.0 Å². The van der Waals surface area contributed by atoms with Crippen molar-refractivity contribution in [3.8, 4) is 0 Å². The number of carbonyl (C=O) groups excluding carboxylic acids is 2. The van der Waals surface area contributed by atoms with Gasteiger partial charge in [-0.1, -0.05) is 0 Å². The molecule has 0 aliphatic carbocycles. The van der Waals surface area contributed by atoms with Crippen LogP contribution in [0, 0.1) is 0 Å². The molecule has 0 atom stereocenters. The van der Waals surface area contributed by atoms with Crippen molar-refractivity contribution in [2.45, 2.75) is 50.2 Å². The lowest BCUT2D eigenvalue weighted by Gasteiger charge is -2.33. The van der Waals surface area contributed by atoms with Crippen molar-refractivity contribution in [3.05, 3.63) is 24.3 Å². The van der Waals surface area contributed by atoms with Gasteiger partial charge in [-0.15, -0.1) is 0 Å². The number of likely N-dealkylation sites (tertiary alicyclic amines) is 1. The SMILES string of the molecule is CC(C)(C)OC(=O)N1CCC(NS(=O)(=O)c2ccc(NC=O)cc2)CC1. The molecule has 0 radical (unpaired) electrons. The van der Waals surface area contributed by atoms with Crippen LogP contribution in [0.5, 0.6) is 0 Å². The maximum Gasteiger partial charge on any atom is 0.410 e. The summed E-state index contributed by atoms with van der Waals surface area (Å²) in [6, 6.07) is 5.67. The zero-order chi connectivity index (χ0) is 19.4. The minimum Gasteiger partial charge on any atom is -0.444 e. The first-order chi connectivity index (χ1) is 12.1. The third-order valence-electron chi connectivity index (χ3n) is 3.86. The van der Waals surface area contributed by atoms with Crippen molar-refractivity contribution in [1.29, 1.82) is 0 Å². The number of nitrogens with one attached hydrogen (secondary N) is 2. The smallest absolute Gasteiger partial charge is 0.410 e. The van der Waals surface area contributed by atoms with Crippen LogP contribution < -0.4 is 10.0 Å². The molecule has 1 saturated heterocycles.